The topological polar surface area (TPSA) is 131 Å². The largest absolute Gasteiger partial charge is 0.332 e. The fourth-order valence-electron chi connectivity index (χ4n) is 2.24. The van der Waals surface area contributed by atoms with Crippen LogP contribution in [-0.2, 0) is 20.0 Å². The molecule has 3 rings (SSSR count). The van der Waals surface area contributed by atoms with Gasteiger partial charge < -0.3 is 5.32 Å². The highest BCUT2D eigenvalue weighted by Gasteiger charge is 2.12. The van der Waals surface area contributed by atoms with Gasteiger partial charge in [-0.3, -0.25) is 0 Å². The number of nitrogens with zero attached hydrogens (tertiary/aromatic N) is 1. The second kappa shape index (κ2) is 7.37. The molecule has 0 bridgehead atoms. The normalized spacial score (nSPS) is 12.1. The molecule has 0 fully saturated rings. The maximum Gasteiger partial charge on any atom is 0.240 e. The first-order valence-corrected chi connectivity index (χ1v) is 11.5. The summed E-state index contributed by atoms with van der Waals surface area (Å²) in [5, 5.41) is 10.6. The maximum atomic E-state index is 11.7. The zero-order valence-corrected chi connectivity index (χ0v) is 16.5. The van der Waals surface area contributed by atoms with E-state index in [9.17, 15) is 16.8 Å². The molecule has 142 valence electrons. The van der Waals surface area contributed by atoms with E-state index in [0.717, 1.165) is 5.56 Å². The number of hydrogen-bond acceptors (Lipinski definition) is 7. The number of primary sulfonamides is 1. The molecule has 2 aromatic carbocycles. The third-order valence-corrected chi connectivity index (χ3v) is 6.78. The molecule has 0 radical (unpaired) electrons. The van der Waals surface area contributed by atoms with Crippen molar-refractivity contribution in [1.82, 2.24) is 9.71 Å². The molecule has 0 aliphatic carbocycles. The lowest BCUT2D eigenvalue weighted by atomic mass is 10.2. The van der Waals surface area contributed by atoms with Crippen molar-refractivity contribution in [1.29, 1.82) is 0 Å². The summed E-state index contributed by atoms with van der Waals surface area (Å²) in [6.07, 6.45) is 0. The van der Waals surface area contributed by atoms with Crippen LogP contribution in [0, 0.1) is 0 Å². The number of benzene rings is 2. The molecule has 0 spiro atoms. The van der Waals surface area contributed by atoms with Gasteiger partial charge in [0.15, 0.2) is 5.13 Å². The standard InChI is InChI=1S/C16H16N4O4S3/c1-18-27(23,24)14-8-4-12(5-9-14)19-16-20-15(10-25-16)11-2-6-13(7-3-11)26(17,21)22/h2-10,18H,1H3,(H,19,20)(H2,17,21,22). The molecular weight excluding hydrogens is 408 g/mol. The highest BCUT2D eigenvalue weighted by molar-refractivity contribution is 7.89. The third-order valence-electron chi connectivity index (χ3n) is 3.67. The van der Waals surface area contributed by atoms with Gasteiger partial charge in [0.05, 0.1) is 15.5 Å². The minimum Gasteiger partial charge on any atom is -0.332 e. The summed E-state index contributed by atoms with van der Waals surface area (Å²) in [6.45, 7) is 0. The number of rotatable bonds is 6. The zero-order valence-electron chi connectivity index (χ0n) is 14.1. The number of nitrogens with two attached hydrogens (primary N) is 1. The minimum absolute atomic E-state index is 0.0384. The van der Waals surface area contributed by atoms with Crippen LogP contribution < -0.4 is 15.2 Å². The van der Waals surface area contributed by atoms with Crippen molar-refractivity contribution in [2.75, 3.05) is 12.4 Å². The van der Waals surface area contributed by atoms with Crippen LogP contribution >= 0.6 is 11.3 Å². The molecule has 27 heavy (non-hydrogen) atoms. The molecular formula is C16H16N4O4S3. The Morgan fingerprint density at radius 3 is 2.07 bits per heavy atom. The molecule has 0 aliphatic rings. The summed E-state index contributed by atoms with van der Waals surface area (Å²) >= 11 is 1.37. The van der Waals surface area contributed by atoms with Crippen LogP contribution in [0.2, 0.25) is 0 Å². The van der Waals surface area contributed by atoms with Gasteiger partial charge in [-0.2, -0.15) is 0 Å². The van der Waals surface area contributed by atoms with Crippen molar-refractivity contribution < 1.29 is 16.8 Å². The average molecular weight is 425 g/mol. The average Bonchev–Trinajstić information content (AvgIpc) is 3.10. The lowest BCUT2D eigenvalue weighted by molar-refractivity contribution is 0.588. The van der Waals surface area contributed by atoms with E-state index >= 15 is 0 Å². The van der Waals surface area contributed by atoms with E-state index in [1.807, 2.05) is 5.38 Å². The summed E-state index contributed by atoms with van der Waals surface area (Å²) in [7, 11) is -5.85. The molecule has 4 N–H and O–H groups in total. The summed E-state index contributed by atoms with van der Waals surface area (Å²) in [5.41, 5.74) is 2.12. The molecule has 0 saturated carbocycles. The van der Waals surface area contributed by atoms with Crippen molar-refractivity contribution in [3.63, 3.8) is 0 Å². The number of hydrogen-bond donors (Lipinski definition) is 3. The quantitative estimate of drug-likeness (QED) is 0.555. The highest BCUT2D eigenvalue weighted by atomic mass is 32.2. The van der Waals surface area contributed by atoms with Gasteiger partial charge in [0.2, 0.25) is 20.0 Å². The molecule has 0 aliphatic heterocycles. The van der Waals surface area contributed by atoms with E-state index in [0.29, 0.717) is 16.5 Å². The SMILES string of the molecule is CNS(=O)(=O)c1ccc(Nc2nc(-c3ccc(S(N)(=O)=O)cc3)cs2)cc1. The number of anilines is 2. The van der Waals surface area contributed by atoms with E-state index in [1.54, 1.807) is 24.3 Å². The van der Waals surface area contributed by atoms with Gasteiger partial charge >= 0.3 is 0 Å². The third kappa shape index (κ3) is 4.51. The van der Waals surface area contributed by atoms with Crippen molar-refractivity contribution in [3.05, 3.63) is 53.9 Å². The van der Waals surface area contributed by atoms with Gasteiger partial charge in [-0.25, -0.2) is 31.7 Å². The van der Waals surface area contributed by atoms with Crippen molar-refractivity contribution >= 4 is 42.2 Å². The van der Waals surface area contributed by atoms with E-state index in [2.05, 4.69) is 15.0 Å². The number of aromatic nitrogens is 1. The smallest absolute Gasteiger partial charge is 0.240 e. The van der Waals surface area contributed by atoms with Crippen molar-refractivity contribution in [2.24, 2.45) is 5.14 Å². The van der Waals surface area contributed by atoms with Crippen LogP contribution in [0.15, 0.2) is 63.7 Å². The van der Waals surface area contributed by atoms with Gasteiger partial charge in [-0.1, -0.05) is 12.1 Å². The molecule has 0 amide bonds. The predicted octanol–water partition coefficient (Wildman–Crippen LogP) is 2.11. The van der Waals surface area contributed by atoms with E-state index in [-0.39, 0.29) is 9.79 Å². The Labute approximate surface area is 161 Å². The Hall–Kier alpha value is -2.31. The molecule has 0 saturated heterocycles. The van der Waals surface area contributed by atoms with Crippen molar-refractivity contribution in [3.8, 4) is 11.3 Å². The second-order valence-electron chi connectivity index (χ2n) is 5.46. The first kappa shape index (κ1) is 19.5. The van der Waals surface area contributed by atoms with E-state index < -0.39 is 20.0 Å². The Balaban J connectivity index is 1.76. The maximum absolute atomic E-state index is 11.7. The zero-order chi connectivity index (χ0) is 19.7. The van der Waals surface area contributed by atoms with Gasteiger partial charge in [-0.15, -0.1) is 11.3 Å². The van der Waals surface area contributed by atoms with Gasteiger partial charge in [0.25, 0.3) is 0 Å². The first-order chi connectivity index (χ1) is 12.7. The monoisotopic (exact) mass is 424 g/mol. The Bertz CT molecular complexity index is 1150. The Kier molecular flexibility index (Phi) is 5.31. The molecule has 0 unspecified atom stereocenters. The predicted molar refractivity (Wildman–Crippen MR) is 105 cm³/mol. The Morgan fingerprint density at radius 2 is 1.52 bits per heavy atom. The highest BCUT2D eigenvalue weighted by Crippen LogP contribution is 2.28. The van der Waals surface area contributed by atoms with Gasteiger partial charge in [-0.05, 0) is 43.4 Å². The molecule has 3 aromatic rings. The van der Waals surface area contributed by atoms with Crippen molar-refractivity contribution in [2.45, 2.75) is 9.79 Å². The molecule has 11 heteroatoms. The fraction of sp³-hybridized carbons (Fsp3) is 0.0625. The summed E-state index contributed by atoms with van der Waals surface area (Å²) in [5.74, 6) is 0. The van der Waals surface area contributed by atoms with Crippen LogP contribution in [0.1, 0.15) is 0 Å². The molecule has 8 nitrogen and oxygen atoms in total. The molecule has 0 atom stereocenters. The van der Waals surface area contributed by atoms with Crippen LogP contribution in [0.5, 0.6) is 0 Å². The van der Waals surface area contributed by atoms with Crippen LogP contribution in [0.3, 0.4) is 0 Å². The lowest BCUT2D eigenvalue weighted by Crippen LogP contribution is -2.18. The Morgan fingerprint density at radius 1 is 0.926 bits per heavy atom. The van der Waals surface area contributed by atoms with Crippen LogP contribution in [0.25, 0.3) is 11.3 Å². The molecule has 1 aromatic heterocycles. The van der Waals surface area contributed by atoms with Gasteiger partial charge in [0, 0.05) is 16.6 Å². The second-order valence-corrected chi connectivity index (χ2v) is 9.77. The first-order valence-electron chi connectivity index (χ1n) is 7.58. The van der Waals surface area contributed by atoms with Gasteiger partial charge in [0.1, 0.15) is 0 Å². The molecule has 1 heterocycles. The minimum atomic E-state index is -3.73. The number of nitrogens with one attached hydrogen (secondary N) is 2. The summed E-state index contributed by atoms with van der Waals surface area (Å²) < 4.78 is 48.3. The van der Waals surface area contributed by atoms with Crippen LogP contribution in [-0.4, -0.2) is 28.9 Å². The fourth-order valence-corrected chi connectivity index (χ4v) is 4.22. The summed E-state index contributed by atoms with van der Waals surface area (Å²) in [6, 6.07) is 12.4. The lowest BCUT2D eigenvalue weighted by Gasteiger charge is -2.05. The van der Waals surface area contributed by atoms with E-state index in [1.165, 1.54) is 42.6 Å². The summed E-state index contributed by atoms with van der Waals surface area (Å²) in [4.78, 5) is 4.66. The number of sulfonamides is 2. The number of thiazole rings is 1. The van der Waals surface area contributed by atoms with Crippen LogP contribution in [0.4, 0.5) is 10.8 Å². The van der Waals surface area contributed by atoms with E-state index in [4.69, 9.17) is 5.14 Å².